The molecule has 0 aromatic heterocycles. The highest BCUT2D eigenvalue weighted by Crippen LogP contribution is 2.37. The van der Waals surface area contributed by atoms with E-state index in [0.29, 0.717) is 34.1 Å². The first-order valence-electron chi connectivity index (χ1n) is 13.7. The summed E-state index contributed by atoms with van der Waals surface area (Å²) in [5.41, 5.74) is 15.1. The Morgan fingerprint density at radius 2 is 1.02 bits per heavy atom. The van der Waals surface area contributed by atoms with Gasteiger partial charge in [0.05, 0.1) is 16.9 Å². The van der Waals surface area contributed by atoms with Crippen molar-refractivity contribution >= 4 is 22.1 Å². The third-order valence-electron chi connectivity index (χ3n) is 6.72. The van der Waals surface area contributed by atoms with Gasteiger partial charge in [0.25, 0.3) is 0 Å². The maximum atomic E-state index is 10.2. The number of hydrogen-bond donors (Lipinski definition) is 4. The SMILES string of the molecule is Nc1ccc(Oc2cc(C#Cc3ccccc3)c3cc(Oc4ccc(N)c(O)c4)c(C#Cc4ccccc4)cc3c2)cc1O. The van der Waals surface area contributed by atoms with Crippen molar-refractivity contribution in [2.45, 2.75) is 0 Å². The van der Waals surface area contributed by atoms with Crippen molar-refractivity contribution in [3.05, 3.63) is 144 Å². The number of phenolic OH excluding ortho intramolecular Hbond substituents is 2. The van der Waals surface area contributed by atoms with Gasteiger partial charge in [-0.3, -0.25) is 0 Å². The molecule has 0 spiro atoms. The van der Waals surface area contributed by atoms with Crippen LogP contribution in [-0.2, 0) is 0 Å². The Balaban J connectivity index is 1.52. The maximum absolute atomic E-state index is 10.2. The number of nitrogen functional groups attached to an aromatic ring is 2. The minimum atomic E-state index is -0.0786. The van der Waals surface area contributed by atoms with E-state index in [0.717, 1.165) is 21.9 Å². The van der Waals surface area contributed by atoms with Gasteiger partial charge in [0.15, 0.2) is 0 Å². The fourth-order valence-electron chi connectivity index (χ4n) is 4.47. The average molecular weight is 575 g/mol. The number of benzene rings is 6. The molecule has 0 saturated heterocycles. The predicted molar refractivity (Wildman–Crippen MR) is 174 cm³/mol. The number of ether oxygens (including phenoxy) is 2. The van der Waals surface area contributed by atoms with E-state index >= 15 is 0 Å². The molecule has 0 amide bonds. The second kappa shape index (κ2) is 12.2. The highest BCUT2D eigenvalue weighted by Gasteiger charge is 2.13. The van der Waals surface area contributed by atoms with E-state index in [4.69, 9.17) is 20.9 Å². The molecule has 6 N–H and O–H groups in total. The number of hydrogen-bond acceptors (Lipinski definition) is 6. The maximum Gasteiger partial charge on any atom is 0.143 e. The predicted octanol–water partition coefficient (Wildman–Crippen LogP) is 7.80. The first-order valence-corrected chi connectivity index (χ1v) is 13.7. The molecule has 0 bridgehead atoms. The van der Waals surface area contributed by atoms with Crippen molar-refractivity contribution in [2.75, 3.05) is 11.5 Å². The van der Waals surface area contributed by atoms with Crippen LogP contribution in [0, 0.1) is 23.7 Å². The lowest BCUT2D eigenvalue weighted by atomic mass is 10.00. The van der Waals surface area contributed by atoms with Crippen molar-refractivity contribution in [1.82, 2.24) is 0 Å². The third kappa shape index (κ3) is 6.36. The Morgan fingerprint density at radius 3 is 1.59 bits per heavy atom. The number of anilines is 2. The van der Waals surface area contributed by atoms with Crippen LogP contribution in [0.4, 0.5) is 11.4 Å². The van der Waals surface area contributed by atoms with Crippen molar-refractivity contribution in [2.24, 2.45) is 0 Å². The molecule has 44 heavy (non-hydrogen) atoms. The second-order valence-electron chi connectivity index (χ2n) is 9.92. The van der Waals surface area contributed by atoms with E-state index in [1.165, 1.54) is 12.1 Å². The van der Waals surface area contributed by atoms with Gasteiger partial charge in [-0.25, -0.2) is 0 Å². The summed E-state index contributed by atoms with van der Waals surface area (Å²) in [6.45, 7) is 0. The van der Waals surface area contributed by atoms with Gasteiger partial charge in [-0.15, -0.1) is 0 Å². The van der Waals surface area contributed by atoms with Crippen LogP contribution >= 0.6 is 0 Å². The average Bonchev–Trinajstić information content (AvgIpc) is 3.03. The second-order valence-corrected chi connectivity index (χ2v) is 9.92. The van der Waals surface area contributed by atoms with Crippen LogP contribution in [0.15, 0.2) is 121 Å². The Hall–Kier alpha value is -6.50. The Bertz CT molecular complexity index is 2120. The zero-order valence-electron chi connectivity index (χ0n) is 23.4. The molecule has 6 nitrogen and oxygen atoms in total. The summed E-state index contributed by atoms with van der Waals surface area (Å²) in [6, 6.07) is 36.3. The molecule has 0 fully saturated rings. The molecular formula is C38H26N2O4. The van der Waals surface area contributed by atoms with E-state index < -0.39 is 0 Å². The summed E-state index contributed by atoms with van der Waals surface area (Å²) in [5, 5.41) is 21.9. The Kier molecular flexibility index (Phi) is 7.65. The molecule has 0 aliphatic heterocycles. The van der Waals surface area contributed by atoms with Gasteiger partial charge < -0.3 is 31.2 Å². The standard InChI is InChI=1S/C38H26N2O4/c39-34-17-15-30(22-36(34)41)43-32-20-27(13-11-25-7-3-1-4-8-25)33-24-38(44-31-16-18-35(40)37(42)23-31)28(19-29(33)21-32)14-12-26-9-5-2-6-10-26/h1-10,15-24,41-42H,39-40H2. The molecule has 6 aromatic carbocycles. The topological polar surface area (TPSA) is 111 Å². The summed E-state index contributed by atoms with van der Waals surface area (Å²) >= 11 is 0. The van der Waals surface area contributed by atoms with Gasteiger partial charge in [-0.1, -0.05) is 60.1 Å². The summed E-state index contributed by atoms with van der Waals surface area (Å²) in [4.78, 5) is 0. The number of nitrogens with two attached hydrogens (primary N) is 2. The van der Waals surface area contributed by atoms with Gasteiger partial charge in [0, 0.05) is 34.2 Å². The lowest BCUT2D eigenvalue weighted by Gasteiger charge is -2.14. The normalized spacial score (nSPS) is 10.3. The van der Waals surface area contributed by atoms with Crippen molar-refractivity contribution < 1.29 is 19.7 Å². The molecule has 6 rings (SSSR count). The van der Waals surface area contributed by atoms with Crippen LogP contribution in [0.3, 0.4) is 0 Å². The van der Waals surface area contributed by atoms with E-state index in [2.05, 4.69) is 23.7 Å². The largest absolute Gasteiger partial charge is 0.506 e. The van der Waals surface area contributed by atoms with Crippen LogP contribution in [-0.4, -0.2) is 10.2 Å². The van der Waals surface area contributed by atoms with Crippen LogP contribution in [0.2, 0.25) is 0 Å². The van der Waals surface area contributed by atoms with E-state index in [-0.39, 0.29) is 22.9 Å². The van der Waals surface area contributed by atoms with Gasteiger partial charge >= 0.3 is 0 Å². The van der Waals surface area contributed by atoms with Crippen LogP contribution in [0.5, 0.6) is 34.5 Å². The smallest absolute Gasteiger partial charge is 0.143 e. The van der Waals surface area contributed by atoms with Gasteiger partial charge in [-0.05, 0) is 78.2 Å². The van der Waals surface area contributed by atoms with Crippen LogP contribution < -0.4 is 20.9 Å². The van der Waals surface area contributed by atoms with Gasteiger partial charge in [0.2, 0.25) is 0 Å². The Labute approximate surface area is 254 Å². The van der Waals surface area contributed by atoms with Gasteiger partial charge in [0.1, 0.15) is 34.5 Å². The molecule has 0 heterocycles. The summed E-state index contributed by atoms with van der Waals surface area (Å²) in [7, 11) is 0. The number of aromatic hydroxyl groups is 2. The zero-order valence-corrected chi connectivity index (χ0v) is 23.4. The van der Waals surface area contributed by atoms with Gasteiger partial charge in [-0.2, -0.15) is 0 Å². The molecule has 212 valence electrons. The Morgan fingerprint density at radius 1 is 0.477 bits per heavy atom. The lowest BCUT2D eigenvalue weighted by Crippen LogP contribution is -1.94. The molecule has 6 heteroatoms. The molecule has 0 atom stereocenters. The first kappa shape index (κ1) is 27.7. The van der Waals surface area contributed by atoms with Crippen molar-refractivity contribution in [1.29, 1.82) is 0 Å². The minimum Gasteiger partial charge on any atom is -0.506 e. The quantitative estimate of drug-likeness (QED) is 0.0971. The first-order chi connectivity index (χ1) is 21.4. The van der Waals surface area contributed by atoms with E-state index in [1.807, 2.05) is 84.9 Å². The third-order valence-corrected chi connectivity index (χ3v) is 6.72. The van der Waals surface area contributed by atoms with Crippen molar-refractivity contribution in [3.8, 4) is 58.2 Å². The molecule has 0 saturated carbocycles. The number of fused-ring (bicyclic) bond motifs is 1. The molecule has 6 aromatic rings. The molecular weight excluding hydrogens is 548 g/mol. The highest BCUT2D eigenvalue weighted by atomic mass is 16.5. The minimum absolute atomic E-state index is 0.0682. The number of rotatable bonds is 4. The van der Waals surface area contributed by atoms with Crippen LogP contribution in [0.25, 0.3) is 10.8 Å². The fourth-order valence-corrected chi connectivity index (χ4v) is 4.47. The summed E-state index contributed by atoms with van der Waals surface area (Å²) < 4.78 is 12.4. The van der Waals surface area contributed by atoms with E-state index in [9.17, 15) is 10.2 Å². The van der Waals surface area contributed by atoms with Crippen molar-refractivity contribution in [3.63, 3.8) is 0 Å². The summed E-state index contributed by atoms with van der Waals surface area (Å²) in [6.07, 6.45) is 0. The molecule has 0 radical (unpaired) electrons. The lowest BCUT2D eigenvalue weighted by molar-refractivity contribution is 0.455. The zero-order chi connectivity index (χ0) is 30.5. The monoisotopic (exact) mass is 574 g/mol. The fraction of sp³-hybridized carbons (Fsp3) is 0. The molecule has 0 unspecified atom stereocenters. The summed E-state index contributed by atoms with van der Waals surface area (Å²) in [5.74, 6) is 14.6. The van der Waals surface area contributed by atoms with E-state index in [1.54, 1.807) is 24.3 Å². The highest BCUT2D eigenvalue weighted by molar-refractivity contribution is 5.92. The van der Waals surface area contributed by atoms with Crippen LogP contribution in [0.1, 0.15) is 22.3 Å². The molecule has 0 aliphatic rings. The molecule has 0 aliphatic carbocycles. The number of phenols is 2.